The van der Waals surface area contributed by atoms with E-state index in [4.69, 9.17) is 11.6 Å². The largest absolute Gasteiger partial charge is 0.339 e. The van der Waals surface area contributed by atoms with Crippen LogP contribution in [0.1, 0.15) is 24.0 Å². The first-order chi connectivity index (χ1) is 20.4. The van der Waals surface area contributed by atoms with Crippen LogP contribution in [0.3, 0.4) is 0 Å². The maximum absolute atomic E-state index is 13.2. The summed E-state index contributed by atoms with van der Waals surface area (Å²) in [6.45, 7) is 1.01. The van der Waals surface area contributed by atoms with Crippen molar-refractivity contribution in [2.24, 2.45) is 5.92 Å². The number of amides is 3. The number of carbonyl (C=O) groups is 2. The standard InChI is InChI=1S/C30H28ClFN8O2/c31-25-16-34-29-36-24-11-18(14-33-15-24)1-2-20-13-23(35-28(25)39-29)7-8-26(20)38-27(41)12-19-9-10-40(17-19)30(42)37-22-5-3-21(32)4-6-22/h3-8,11,13-16,19H,1-2,9-10,12,17H2,(H,37,42)(H,38,41)(H2,34,35,36,39)/t19-/m0/s1. The molecule has 42 heavy (non-hydrogen) atoms. The second-order valence-electron chi connectivity index (χ2n) is 10.4. The van der Waals surface area contributed by atoms with Crippen LogP contribution in [-0.4, -0.2) is 44.9 Å². The van der Waals surface area contributed by atoms with Gasteiger partial charge in [0.15, 0.2) is 5.82 Å². The number of nitrogens with one attached hydrogen (secondary N) is 4. The molecule has 12 heteroatoms. The lowest BCUT2D eigenvalue weighted by molar-refractivity contribution is -0.117. The molecule has 4 N–H and O–H groups in total. The van der Waals surface area contributed by atoms with E-state index in [0.29, 0.717) is 48.4 Å². The summed E-state index contributed by atoms with van der Waals surface area (Å²) in [5, 5.41) is 12.7. The van der Waals surface area contributed by atoms with Crippen molar-refractivity contribution in [2.45, 2.75) is 25.7 Å². The molecule has 4 aromatic rings. The van der Waals surface area contributed by atoms with Crippen molar-refractivity contribution < 1.29 is 14.0 Å². The molecule has 2 aromatic carbocycles. The molecule has 6 bridgehead atoms. The van der Waals surface area contributed by atoms with Gasteiger partial charge in [-0.1, -0.05) is 11.6 Å². The van der Waals surface area contributed by atoms with E-state index in [1.165, 1.54) is 30.5 Å². The van der Waals surface area contributed by atoms with E-state index in [1.807, 2.05) is 30.5 Å². The highest BCUT2D eigenvalue weighted by Gasteiger charge is 2.28. The normalized spacial score (nSPS) is 15.8. The highest BCUT2D eigenvalue weighted by molar-refractivity contribution is 6.32. The monoisotopic (exact) mass is 586 g/mol. The van der Waals surface area contributed by atoms with Gasteiger partial charge in [-0.25, -0.2) is 14.2 Å². The third-order valence-electron chi connectivity index (χ3n) is 7.26. The average Bonchev–Trinajstić information content (AvgIpc) is 3.44. The van der Waals surface area contributed by atoms with Crippen LogP contribution in [0.15, 0.2) is 67.1 Å². The predicted molar refractivity (Wildman–Crippen MR) is 160 cm³/mol. The van der Waals surface area contributed by atoms with Gasteiger partial charge >= 0.3 is 6.03 Å². The Labute approximate surface area is 246 Å². The van der Waals surface area contributed by atoms with Crippen molar-refractivity contribution in [3.63, 3.8) is 0 Å². The summed E-state index contributed by atoms with van der Waals surface area (Å²) in [7, 11) is 0. The van der Waals surface area contributed by atoms with Crippen LogP contribution in [-0.2, 0) is 17.6 Å². The number of urea groups is 1. The van der Waals surface area contributed by atoms with Crippen LogP contribution in [0.25, 0.3) is 0 Å². The van der Waals surface area contributed by atoms with Gasteiger partial charge in [-0.05, 0) is 84.8 Å². The molecule has 10 nitrogen and oxygen atoms in total. The Morgan fingerprint density at radius 3 is 2.71 bits per heavy atom. The molecule has 6 rings (SSSR count). The maximum Gasteiger partial charge on any atom is 0.321 e. The molecule has 1 atom stereocenters. The lowest BCUT2D eigenvalue weighted by atomic mass is 10.0. The number of aromatic nitrogens is 3. The van der Waals surface area contributed by atoms with Gasteiger partial charge in [0.2, 0.25) is 11.9 Å². The first-order valence-electron chi connectivity index (χ1n) is 13.6. The van der Waals surface area contributed by atoms with Crippen molar-refractivity contribution in [3.8, 4) is 0 Å². The van der Waals surface area contributed by atoms with Crippen LogP contribution in [0.2, 0.25) is 5.02 Å². The molecule has 2 aliphatic heterocycles. The fraction of sp³-hybridized carbons (Fsp3) is 0.233. The second kappa shape index (κ2) is 12.0. The molecule has 2 aromatic heterocycles. The van der Waals surface area contributed by atoms with Gasteiger partial charge in [-0.3, -0.25) is 9.78 Å². The van der Waals surface area contributed by atoms with Crippen LogP contribution in [0, 0.1) is 11.7 Å². The molecule has 0 spiro atoms. The van der Waals surface area contributed by atoms with E-state index in [0.717, 1.165) is 34.6 Å². The molecular formula is C30H28ClFN8O2. The molecule has 3 amide bonds. The van der Waals surface area contributed by atoms with Crippen molar-refractivity contribution in [1.82, 2.24) is 19.9 Å². The molecule has 1 saturated heterocycles. The highest BCUT2D eigenvalue weighted by Crippen LogP contribution is 2.30. The number of nitrogens with zero attached hydrogens (tertiary/aromatic N) is 4. The van der Waals surface area contributed by atoms with Crippen LogP contribution < -0.4 is 21.3 Å². The van der Waals surface area contributed by atoms with E-state index in [2.05, 4.69) is 36.2 Å². The van der Waals surface area contributed by atoms with Crippen molar-refractivity contribution in [3.05, 3.63) is 89.1 Å². The summed E-state index contributed by atoms with van der Waals surface area (Å²) < 4.78 is 13.2. The number of halogens is 2. The minimum atomic E-state index is -0.365. The van der Waals surface area contributed by atoms with Crippen molar-refractivity contribution >= 4 is 58.1 Å². The number of likely N-dealkylation sites (tertiary alicyclic amines) is 1. The lowest BCUT2D eigenvalue weighted by Crippen LogP contribution is -2.33. The Morgan fingerprint density at radius 1 is 1.00 bits per heavy atom. The molecule has 0 unspecified atom stereocenters. The third kappa shape index (κ3) is 6.58. The van der Waals surface area contributed by atoms with Gasteiger partial charge in [-0.15, -0.1) is 0 Å². The number of fused-ring (bicyclic) bond motifs is 6. The van der Waals surface area contributed by atoms with Crippen LogP contribution >= 0.6 is 11.6 Å². The number of rotatable bonds is 4. The first-order valence-corrected chi connectivity index (χ1v) is 14.0. The van der Waals surface area contributed by atoms with Gasteiger partial charge in [0.25, 0.3) is 0 Å². The Hall–Kier alpha value is -4.77. The minimum Gasteiger partial charge on any atom is -0.339 e. The average molecular weight is 587 g/mol. The fourth-order valence-corrected chi connectivity index (χ4v) is 5.27. The molecule has 4 heterocycles. The van der Waals surface area contributed by atoms with Gasteiger partial charge < -0.3 is 26.2 Å². The van der Waals surface area contributed by atoms with E-state index in [-0.39, 0.29) is 30.1 Å². The molecule has 0 radical (unpaired) electrons. The molecule has 1 fully saturated rings. The number of anilines is 6. The Kier molecular flexibility index (Phi) is 7.83. The lowest BCUT2D eigenvalue weighted by Gasteiger charge is -2.18. The van der Waals surface area contributed by atoms with Crippen LogP contribution in [0.4, 0.5) is 43.7 Å². The Bertz CT molecular complexity index is 1630. The second-order valence-corrected chi connectivity index (χ2v) is 10.8. The number of pyridine rings is 1. The van der Waals surface area contributed by atoms with E-state index in [1.54, 1.807) is 11.1 Å². The smallest absolute Gasteiger partial charge is 0.321 e. The summed E-state index contributed by atoms with van der Waals surface area (Å²) in [4.78, 5) is 40.6. The number of hydrogen-bond acceptors (Lipinski definition) is 7. The quantitative estimate of drug-likeness (QED) is 0.227. The van der Waals surface area contributed by atoms with Crippen molar-refractivity contribution in [1.29, 1.82) is 0 Å². The zero-order chi connectivity index (χ0) is 29.1. The molecule has 214 valence electrons. The van der Waals surface area contributed by atoms with Gasteiger partial charge in [0.1, 0.15) is 10.8 Å². The molecular weight excluding hydrogens is 559 g/mol. The topological polar surface area (TPSA) is 124 Å². The molecule has 2 aliphatic rings. The summed E-state index contributed by atoms with van der Waals surface area (Å²) in [5.41, 5.74) is 4.75. The van der Waals surface area contributed by atoms with Crippen LogP contribution in [0.5, 0.6) is 0 Å². The number of aryl methyl sites for hydroxylation is 2. The summed E-state index contributed by atoms with van der Waals surface area (Å²) in [5.74, 6) is 0.399. The number of benzene rings is 2. The predicted octanol–water partition coefficient (Wildman–Crippen LogP) is 6.13. The maximum atomic E-state index is 13.2. The fourth-order valence-electron chi connectivity index (χ4n) is 5.14. The molecule has 0 aliphatic carbocycles. The van der Waals surface area contributed by atoms with E-state index in [9.17, 15) is 14.0 Å². The van der Waals surface area contributed by atoms with Gasteiger partial charge in [0.05, 0.1) is 18.1 Å². The third-order valence-corrected chi connectivity index (χ3v) is 7.54. The zero-order valence-electron chi connectivity index (χ0n) is 22.5. The minimum absolute atomic E-state index is 0.0328. The van der Waals surface area contributed by atoms with E-state index < -0.39 is 0 Å². The Morgan fingerprint density at radius 2 is 1.86 bits per heavy atom. The zero-order valence-corrected chi connectivity index (χ0v) is 23.3. The van der Waals surface area contributed by atoms with E-state index >= 15 is 0 Å². The SMILES string of the molecule is O=C(C[C@@H]1CCN(C(=O)Nc2ccc(F)cc2)C1)Nc1ccc2cc1CCc1cncc(c1)Nc1ncc(Cl)c(n1)N2. The highest BCUT2D eigenvalue weighted by atomic mass is 35.5. The number of carbonyl (C=O) groups excluding carboxylic acids is 2. The van der Waals surface area contributed by atoms with Crippen molar-refractivity contribution in [2.75, 3.05) is 34.4 Å². The summed E-state index contributed by atoms with van der Waals surface area (Å²) in [6, 6.07) is 13.1. The Balaban J connectivity index is 1.13. The molecule has 0 saturated carbocycles. The van der Waals surface area contributed by atoms with Gasteiger partial charge in [-0.2, -0.15) is 4.98 Å². The first kappa shape index (κ1) is 27.4. The number of hydrogen-bond donors (Lipinski definition) is 4. The summed E-state index contributed by atoms with van der Waals surface area (Å²) >= 11 is 6.36. The van der Waals surface area contributed by atoms with Gasteiger partial charge in [0, 0.05) is 42.8 Å². The summed E-state index contributed by atoms with van der Waals surface area (Å²) in [6.07, 6.45) is 7.43.